The lowest BCUT2D eigenvalue weighted by Gasteiger charge is -2.23. The second-order valence-corrected chi connectivity index (χ2v) is 6.65. The highest BCUT2D eigenvalue weighted by atomic mass is 15.2. The molecule has 0 amide bonds. The number of hydrogen-bond acceptors (Lipinski definition) is 2. The fourth-order valence-electron chi connectivity index (χ4n) is 2.31. The molecule has 1 aliphatic rings. The van der Waals surface area contributed by atoms with Crippen LogP contribution in [0.1, 0.15) is 50.8 Å². The van der Waals surface area contributed by atoms with Crippen LogP contribution in [0.25, 0.3) is 0 Å². The SMILES string of the molecule is CN(CC(N)c1ccc(C(C)(C)C)cc1)C1CC1. The fourth-order valence-corrected chi connectivity index (χ4v) is 2.31. The first-order valence-corrected chi connectivity index (χ1v) is 6.94. The molecule has 2 nitrogen and oxygen atoms in total. The maximum atomic E-state index is 6.28. The lowest BCUT2D eigenvalue weighted by molar-refractivity contribution is 0.303. The lowest BCUT2D eigenvalue weighted by Crippen LogP contribution is -2.30. The molecule has 0 spiro atoms. The molecule has 1 aliphatic carbocycles. The molecule has 1 fully saturated rings. The van der Waals surface area contributed by atoms with Crippen LogP contribution in [-0.2, 0) is 5.41 Å². The van der Waals surface area contributed by atoms with Crippen LogP contribution < -0.4 is 5.73 Å². The maximum absolute atomic E-state index is 6.28. The summed E-state index contributed by atoms with van der Waals surface area (Å²) in [6.45, 7) is 7.67. The first-order valence-electron chi connectivity index (χ1n) is 6.94. The normalized spacial score (nSPS) is 18.1. The number of nitrogens with two attached hydrogens (primary N) is 1. The van der Waals surface area contributed by atoms with E-state index in [1.165, 1.54) is 24.0 Å². The van der Waals surface area contributed by atoms with E-state index < -0.39 is 0 Å². The quantitative estimate of drug-likeness (QED) is 0.884. The van der Waals surface area contributed by atoms with Gasteiger partial charge in [0.15, 0.2) is 0 Å². The molecule has 100 valence electrons. The van der Waals surface area contributed by atoms with Crippen molar-refractivity contribution in [2.45, 2.75) is 51.1 Å². The van der Waals surface area contributed by atoms with E-state index in [2.05, 4.69) is 57.0 Å². The molecular formula is C16H26N2. The predicted octanol–water partition coefficient (Wildman–Crippen LogP) is 3.08. The van der Waals surface area contributed by atoms with Crippen molar-refractivity contribution >= 4 is 0 Å². The average molecular weight is 246 g/mol. The topological polar surface area (TPSA) is 29.3 Å². The molecule has 1 atom stereocenters. The second-order valence-electron chi connectivity index (χ2n) is 6.65. The summed E-state index contributed by atoms with van der Waals surface area (Å²) in [6, 6.07) is 9.71. The Morgan fingerprint density at radius 2 is 1.78 bits per heavy atom. The zero-order valence-corrected chi connectivity index (χ0v) is 12.1. The van der Waals surface area contributed by atoms with Gasteiger partial charge in [0.05, 0.1) is 0 Å². The van der Waals surface area contributed by atoms with Crippen molar-refractivity contribution in [3.05, 3.63) is 35.4 Å². The molecule has 0 aromatic heterocycles. The summed E-state index contributed by atoms with van der Waals surface area (Å²) in [5.41, 5.74) is 9.11. The minimum Gasteiger partial charge on any atom is -0.323 e. The standard InChI is InChI=1S/C16H26N2/c1-16(2,3)13-7-5-12(6-8-13)15(17)11-18(4)14-9-10-14/h5-8,14-15H,9-11,17H2,1-4H3. The lowest BCUT2D eigenvalue weighted by atomic mass is 9.86. The van der Waals surface area contributed by atoms with Gasteiger partial charge in [0.25, 0.3) is 0 Å². The first-order chi connectivity index (χ1) is 8.38. The Balaban J connectivity index is 1.99. The van der Waals surface area contributed by atoms with Crippen LogP contribution >= 0.6 is 0 Å². The first kappa shape index (κ1) is 13.6. The minimum atomic E-state index is 0.129. The summed E-state index contributed by atoms with van der Waals surface area (Å²) in [5.74, 6) is 0. The van der Waals surface area contributed by atoms with Crippen molar-refractivity contribution in [2.75, 3.05) is 13.6 Å². The van der Waals surface area contributed by atoms with E-state index >= 15 is 0 Å². The van der Waals surface area contributed by atoms with Gasteiger partial charge in [0.1, 0.15) is 0 Å². The van der Waals surface area contributed by atoms with Crippen LogP contribution in [0.4, 0.5) is 0 Å². The molecule has 0 radical (unpaired) electrons. The number of rotatable bonds is 4. The van der Waals surface area contributed by atoms with Crippen LogP contribution in [-0.4, -0.2) is 24.5 Å². The van der Waals surface area contributed by atoms with E-state index in [4.69, 9.17) is 5.73 Å². The van der Waals surface area contributed by atoms with E-state index in [-0.39, 0.29) is 11.5 Å². The second kappa shape index (κ2) is 5.02. The molecule has 1 unspecified atom stereocenters. The van der Waals surface area contributed by atoms with Crippen LogP contribution in [0.2, 0.25) is 0 Å². The van der Waals surface area contributed by atoms with Gasteiger partial charge in [-0.25, -0.2) is 0 Å². The molecule has 2 heteroatoms. The van der Waals surface area contributed by atoms with Gasteiger partial charge in [0.2, 0.25) is 0 Å². The van der Waals surface area contributed by atoms with Crippen molar-refractivity contribution in [3.63, 3.8) is 0 Å². The Bertz CT molecular complexity index is 385. The van der Waals surface area contributed by atoms with Crippen LogP contribution in [0.15, 0.2) is 24.3 Å². The van der Waals surface area contributed by atoms with Crippen molar-refractivity contribution in [1.82, 2.24) is 4.90 Å². The summed E-state index contributed by atoms with van der Waals surface area (Å²) in [6.07, 6.45) is 2.68. The predicted molar refractivity (Wildman–Crippen MR) is 77.7 cm³/mol. The highest BCUT2D eigenvalue weighted by Crippen LogP contribution is 2.27. The number of likely N-dealkylation sites (N-methyl/N-ethyl adjacent to an activating group) is 1. The third-order valence-electron chi connectivity index (χ3n) is 3.86. The van der Waals surface area contributed by atoms with Gasteiger partial charge in [-0.15, -0.1) is 0 Å². The van der Waals surface area contributed by atoms with Crippen molar-refractivity contribution in [1.29, 1.82) is 0 Å². The Morgan fingerprint density at radius 1 is 1.22 bits per heavy atom. The van der Waals surface area contributed by atoms with Crippen LogP contribution in [0.3, 0.4) is 0 Å². The molecule has 2 rings (SSSR count). The summed E-state index contributed by atoms with van der Waals surface area (Å²) in [7, 11) is 2.18. The highest BCUT2D eigenvalue weighted by molar-refractivity contribution is 5.29. The van der Waals surface area contributed by atoms with E-state index in [1.807, 2.05) is 0 Å². The highest BCUT2D eigenvalue weighted by Gasteiger charge is 2.27. The van der Waals surface area contributed by atoms with Gasteiger partial charge in [-0.3, -0.25) is 0 Å². The van der Waals surface area contributed by atoms with Crippen LogP contribution in [0.5, 0.6) is 0 Å². The third kappa shape index (κ3) is 3.33. The maximum Gasteiger partial charge on any atom is 0.0424 e. The fraction of sp³-hybridized carbons (Fsp3) is 0.625. The molecule has 1 saturated carbocycles. The molecule has 0 bridgehead atoms. The van der Waals surface area contributed by atoms with Crippen molar-refractivity contribution in [2.24, 2.45) is 5.73 Å². The van der Waals surface area contributed by atoms with Gasteiger partial charge in [-0.2, -0.15) is 0 Å². The smallest absolute Gasteiger partial charge is 0.0424 e. The van der Waals surface area contributed by atoms with E-state index in [1.54, 1.807) is 0 Å². The van der Waals surface area contributed by atoms with Gasteiger partial charge in [0, 0.05) is 18.6 Å². The molecule has 1 aromatic carbocycles. The van der Waals surface area contributed by atoms with Gasteiger partial charge in [-0.05, 0) is 36.4 Å². The Labute approximate surface area is 111 Å². The van der Waals surface area contributed by atoms with E-state index in [0.29, 0.717) is 0 Å². The van der Waals surface area contributed by atoms with Gasteiger partial charge >= 0.3 is 0 Å². The Morgan fingerprint density at radius 3 is 2.22 bits per heavy atom. The zero-order valence-electron chi connectivity index (χ0n) is 12.1. The van der Waals surface area contributed by atoms with Gasteiger partial charge < -0.3 is 10.6 Å². The van der Waals surface area contributed by atoms with Crippen molar-refractivity contribution < 1.29 is 0 Å². The Kier molecular flexibility index (Phi) is 3.79. The monoisotopic (exact) mass is 246 g/mol. The van der Waals surface area contributed by atoms with Crippen LogP contribution in [0, 0.1) is 0 Å². The molecule has 2 N–H and O–H groups in total. The van der Waals surface area contributed by atoms with Crippen molar-refractivity contribution in [3.8, 4) is 0 Å². The molecular weight excluding hydrogens is 220 g/mol. The summed E-state index contributed by atoms with van der Waals surface area (Å²) in [5, 5.41) is 0. The zero-order chi connectivity index (χ0) is 13.3. The summed E-state index contributed by atoms with van der Waals surface area (Å²) in [4.78, 5) is 2.39. The largest absolute Gasteiger partial charge is 0.323 e. The molecule has 1 aromatic rings. The summed E-state index contributed by atoms with van der Waals surface area (Å²) >= 11 is 0. The number of hydrogen-bond donors (Lipinski definition) is 1. The van der Waals surface area contributed by atoms with Gasteiger partial charge in [-0.1, -0.05) is 45.0 Å². The molecule has 0 aliphatic heterocycles. The summed E-state index contributed by atoms with van der Waals surface area (Å²) < 4.78 is 0. The average Bonchev–Trinajstić information content (AvgIpc) is 3.11. The number of nitrogens with zero attached hydrogens (tertiary/aromatic N) is 1. The molecule has 0 heterocycles. The Hall–Kier alpha value is -0.860. The van der Waals surface area contributed by atoms with E-state index in [9.17, 15) is 0 Å². The molecule has 18 heavy (non-hydrogen) atoms. The van der Waals surface area contributed by atoms with E-state index in [0.717, 1.165) is 12.6 Å². The molecule has 0 saturated heterocycles. The third-order valence-corrected chi connectivity index (χ3v) is 3.86. The minimum absolute atomic E-state index is 0.129. The number of benzene rings is 1.